The molecule has 0 saturated carbocycles. The summed E-state index contributed by atoms with van der Waals surface area (Å²) in [6.45, 7) is 10.9. The van der Waals surface area contributed by atoms with Crippen LogP contribution in [-0.2, 0) is 5.41 Å². The van der Waals surface area contributed by atoms with Crippen molar-refractivity contribution in [1.82, 2.24) is 14.1 Å². The Labute approximate surface area is 429 Å². The molecule has 0 saturated heterocycles. The highest BCUT2D eigenvalue weighted by atomic mass is 16.5. The van der Waals surface area contributed by atoms with E-state index in [2.05, 4.69) is 118 Å². The van der Waals surface area contributed by atoms with Crippen LogP contribution in [0.2, 0.25) is 0 Å². The van der Waals surface area contributed by atoms with Gasteiger partial charge in [0.05, 0.1) is 47.1 Å². The summed E-state index contributed by atoms with van der Waals surface area (Å²) >= 11 is 0. The molecule has 0 bridgehead atoms. The van der Waals surface area contributed by atoms with Gasteiger partial charge in [0.15, 0.2) is 0 Å². The maximum absolute atomic E-state index is 9.07. The number of hydrogen-bond acceptors (Lipinski definition) is 2. The van der Waals surface area contributed by atoms with E-state index in [0.29, 0.717) is 28.2 Å². The predicted molar refractivity (Wildman–Crippen MR) is 292 cm³/mol. The van der Waals surface area contributed by atoms with Gasteiger partial charge in [-0.15, -0.1) is 0 Å². The summed E-state index contributed by atoms with van der Waals surface area (Å²) in [6.07, 6.45) is 5.33. The lowest BCUT2D eigenvalue weighted by atomic mass is 9.88. The molecule has 9 aromatic carbocycles. The Kier molecular flexibility index (Phi) is 8.35. The van der Waals surface area contributed by atoms with Crippen LogP contribution in [0.4, 0.5) is 0 Å². The summed E-state index contributed by atoms with van der Waals surface area (Å²) < 4.78 is 100.0. The van der Waals surface area contributed by atoms with Crippen LogP contribution in [0.15, 0.2) is 224 Å². The van der Waals surface area contributed by atoms with Gasteiger partial charge in [0.1, 0.15) is 17.3 Å². The quantitative estimate of drug-likeness (QED) is 0.107. The number of aromatic nitrogens is 4. The lowest BCUT2D eigenvalue weighted by Gasteiger charge is -2.20. The first-order valence-electron chi connectivity index (χ1n) is 28.5. The monoisotopic (exact) mass is 926 g/mol. The third-order valence-corrected chi connectivity index (χ3v) is 13.2. The molecule has 12 rings (SSSR count). The van der Waals surface area contributed by atoms with E-state index in [9.17, 15) is 0 Å². The number of rotatable bonds is 9. The topological polar surface area (TPSA) is 35.9 Å². The second-order valence-electron chi connectivity index (χ2n) is 18.8. The number of aryl methyl sites for hydroxylation is 2. The molecule has 0 amide bonds. The van der Waals surface area contributed by atoms with Gasteiger partial charge in [0.2, 0.25) is 0 Å². The minimum Gasteiger partial charge on any atom is -0.458 e. The summed E-state index contributed by atoms with van der Waals surface area (Å²) in [7, 11) is 0. The van der Waals surface area contributed by atoms with Crippen LogP contribution in [0.5, 0.6) is 11.5 Å². The molecule has 5 heteroatoms. The second kappa shape index (κ2) is 17.6. The summed E-state index contributed by atoms with van der Waals surface area (Å²) in [5.41, 5.74) is 12.0. The lowest BCUT2D eigenvalue weighted by molar-refractivity contribution is -0.571. The Morgan fingerprint density at radius 1 is 0.535 bits per heavy atom. The minimum atomic E-state index is -0.569. The molecule has 0 N–H and O–H groups in total. The van der Waals surface area contributed by atoms with Gasteiger partial charge in [-0.3, -0.25) is 13.7 Å². The number of imidazole rings is 1. The van der Waals surface area contributed by atoms with E-state index in [1.165, 1.54) is 27.8 Å². The zero-order valence-corrected chi connectivity index (χ0v) is 39.8. The van der Waals surface area contributed by atoms with Crippen LogP contribution < -0.4 is 9.30 Å². The van der Waals surface area contributed by atoms with E-state index in [4.69, 9.17) is 23.4 Å². The van der Waals surface area contributed by atoms with Crippen molar-refractivity contribution in [1.29, 1.82) is 0 Å². The number of pyridine rings is 1. The third kappa shape index (κ3) is 7.96. The lowest BCUT2D eigenvalue weighted by Crippen LogP contribution is -2.31. The highest BCUT2D eigenvalue weighted by Crippen LogP contribution is 2.41. The summed E-state index contributed by atoms with van der Waals surface area (Å²) in [5, 5.41) is 2.09. The largest absolute Gasteiger partial charge is 0.458 e. The molecular weight excluding hydrogens is 865 g/mol. The van der Waals surface area contributed by atoms with E-state index >= 15 is 0 Å². The standard InChI is InChI=1S/C66H52N4O/c1-44-37-50(46-19-9-6-10-20-46)38-45(2)64(44)49-31-34-59-58(39-49)57-33-32-54(42-62(57)70(59)63-40-51(35-36-67-63)66(3,4)5)71-53-26-17-25-52(41-53)68-43-69(61-30-16-15-29-60(61)68)65-55(47-21-11-7-12-22-47)27-18-28-56(65)48-23-13-8-14-24-48/h6-42H,1-5H3/i7D,8D,11D,12D,13D,14D,21D,22D,23D,24D. The van der Waals surface area contributed by atoms with Gasteiger partial charge in [0.25, 0.3) is 6.33 Å². The number of benzene rings is 9. The van der Waals surface area contributed by atoms with Gasteiger partial charge >= 0.3 is 0 Å². The fourth-order valence-electron chi connectivity index (χ4n) is 9.89. The van der Waals surface area contributed by atoms with Crippen molar-refractivity contribution < 1.29 is 23.0 Å². The number of hydrogen-bond donors (Lipinski definition) is 0. The predicted octanol–water partition coefficient (Wildman–Crippen LogP) is 16.6. The Morgan fingerprint density at radius 3 is 1.93 bits per heavy atom. The van der Waals surface area contributed by atoms with Crippen molar-refractivity contribution in [3.63, 3.8) is 0 Å². The van der Waals surface area contributed by atoms with Crippen LogP contribution >= 0.6 is 0 Å². The van der Waals surface area contributed by atoms with Crippen LogP contribution in [0.3, 0.4) is 0 Å². The first-order valence-corrected chi connectivity index (χ1v) is 23.5. The molecule has 0 aliphatic carbocycles. The number of ether oxygens (including phenoxy) is 1. The van der Waals surface area contributed by atoms with Crippen LogP contribution in [0.1, 0.15) is 51.2 Å². The summed E-state index contributed by atoms with van der Waals surface area (Å²) in [6, 6.07) is 46.4. The molecule has 0 fully saturated rings. The average Bonchev–Trinajstić information content (AvgIpc) is 4.25. The van der Waals surface area contributed by atoms with E-state index < -0.39 is 60.4 Å². The maximum Gasteiger partial charge on any atom is 0.269 e. The first-order chi connectivity index (χ1) is 38.8. The van der Waals surface area contributed by atoms with Gasteiger partial charge in [-0.1, -0.05) is 178 Å². The Balaban J connectivity index is 1.000. The third-order valence-electron chi connectivity index (χ3n) is 13.2. The molecule has 0 atom stereocenters. The first kappa shape index (κ1) is 33.7. The van der Waals surface area contributed by atoms with Crippen LogP contribution in [0, 0.1) is 20.2 Å². The van der Waals surface area contributed by atoms with Crippen molar-refractivity contribution in [3.05, 3.63) is 247 Å². The molecule has 342 valence electrons. The van der Waals surface area contributed by atoms with Gasteiger partial charge in [-0.2, -0.15) is 0 Å². The number of para-hydroxylation sites is 3. The van der Waals surface area contributed by atoms with Crippen molar-refractivity contribution in [2.45, 2.75) is 40.0 Å². The molecule has 71 heavy (non-hydrogen) atoms. The second-order valence-corrected chi connectivity index (χ2v) is 18.8. The molecule has 5 nitrogen and oxygen atoms in total. The highest BCUT2D eigenvalue weighted by molar-refractivity contribution is 6.11. The number of fused-ring (bicyclic) bond motifs is 4. The van der Waals surface area contributed by atoms with Gasteiger partial charge in [0, 0.05) is 23.0 Å². The summed E-state index contributed by atoms with van der Waals surface area (Å²) in [5.74, 6) is 1.86. The highest BCUT2D eigenvalue weighted by Gasteiger charge is 2.22. The van der Waals surface area contributed by atoms with Crippen molar-refractivity contribution in [2.24, 2.45) is 0 Å². The molecule has 0 spiro atoms. The zero-order chi connectivity index (χ0) is 56.9. The number of nitrogens with zero attached hydrogens (tertiary/aromatic N) is 4. The van der Waals surface area contributed by atoms with Crippen LogP contribution in [-0.4, -0.2) is 14.1 Å². The van der Waals surface area contributed by atoms with Crippen molar-refractivity contribution in [2.75, 3.05) is 0 Å². The molecule has 0 radical (unpaired) electrons. The molecule has 0 unspecified atom stereocenters. The van der Waals surface area contributed by atoms with Gasteiger partial charge in [-0.05, 0) is 135 Å². The molecule has 3 heterocycles. The fraction of sp³-hybridized carbons (Fsp3) is 0.0909. The Morgan fingerprint density at radius 2 is 1.21 bits per heavy atom. The normalized spacial score (nSPS) is 13.7. The van der Waals surface area contributed by atoms with Crippen molar-refractivity contribution in [3.8, 4) is 73.2 Å². The SMILES string of the molecule is [2H]c1c([2H])c([2H])c(-c2cccc(-c3c([2H])c([2H])c([2H])c([2H])c3[2H])c2-[n+]2[c-]n(-c3cccc(Oc4ccc5c6cc(-c7c(C)cc(-c8ccccc8)cc7C)ccc6n(-c6cc(C(C)(C)C)ccn6)c5c4)c3)c3ccccc32)c([2H])c1[2H]. The Hall–Kier alpha value is -8.80. The molecule has 0 aliphatic rings. The van der Waals surface area contributed by atoms with Crippen molar-refractivity contribution >= 4 is 32.8 Å². The van der Waals surface area contributed by atoms with E-state index in [0.717, 1.165) is 38.8 Å². The summed E-state index contributed by atoms with van der Waals surface area (Å²) in [4.78, 5) is 4.96. The Bertz CT molecular complexity index is 4410. The molecular formula is C66H52N4O. The maximum atomic E-state index is 9.07. The molecule has 12 aromatic rings. The smallest absolute Gasteiger partial charge is 0.269 e. The van der Waals surface area contributed by atoms with Crippen LogP contribution in [0.25, 0.3) is 94.5 Å². The van der Waals surface area contributed by atoms with Gasteiger partial charge < -0.3 is 4.74 Å². The average molecular weight is 927 g/mol. The fourth-order valence-corrected chi connectivity index (χ4v) is 9.89. The van der Waals surface area contributed by atoms with E-state index in [1.807, 2.05) is 72.9 Å². The minimum absolute atomic E-state index is 0.133. The van der Waals surface area contributed by atoms with E-state index in [1.54, 1.807) is 27.3 Å². The van der Waals surface area contributed by atoms with Gasteiger partial charge in [-0.25, -0.2) is 4.98 Å². The van der Waals surface area contributed by atoms with E-state index in [-0.39, 0.29) is 33.4 Å². The molecule has 0 aliphatic heterocycles. The molecule has 3 aromatic heterocycles. The zero-order valence-electron chi connectivity index (χ0n) is 49.8.